The van der Waals surface area contributed by atoms with Crippen molar-refractivity contribution in [3.05, 3.63) is 40.4 Å². The van der Waals surface area contributed by atoms with Crippen LogP contribution in [0.25, 0.3) is 10.9 Å². The molecule has 2 atom stereocenters. The molecule has 3 N–H and O–H groups in total. The van der Waals surface area contributed by atoms with Gasteiger partial charge in [0.2, 0.25) is 0 Å². The van der Waals surface area contributed by atoms with Gasteiger partial charge in [-0.2, -0.15) is 0 Å². The Morgan fingerprint density at radius 3 is 3.05 bits per heavy atom. The average molecular weight is 286 g/mol. The highest BCUT2D eigenvalue weighted by atomic mass is 16.1. The molecule has 2 heterocycles. The normalized spacial score (nSPS) is 23.5. The Balaban J connectivity index is 1.86. The maximum atomic E-state index is 12.1. The molecule has 0 saturated carbocycles. The van der Waals surface area contributed by atoms with E-state index in [1.54, 1.807) is 6.07 Å². The van der Waals surface area contributed by atoms with Gasteiger partial charge in [-0.15, -0.1) is 0 Å². The lowest BCUT2D eigenvalue weighted by Crippen LogP contribution is -2.46. The average Bonchev–Trinajstić information content (AvgIpc) is 2.49. The Labute approximate surface area is 124 Å². The van der Waals surface area contributed by atoms with E-state index in [1.807, 2.05) is 18.2 Å². The third kappa shape index (κ3) is 2.99. The molecule has 5 nitrogen and oxygen atoms in total. The van der Waals surface area contributed by atoms with E-state index in [0.717, 1.165) is 30.2 Å². The van der Waals surface area contributed by atoms with Gasteiger partial charge in [-0.3, -0.25) is 9.69 Å². The van der Waals surface area contributed by atoms with Crippen LogP contribution in [-0.2, 0) is 6.54 Å². The minimum atomic E-state index is -0.0646. The molecule has 1 aromatic carbocycles. The minimum absolute atomic E-state index is 0.0646. The molecule has 3 rings (SSSR count). The highest BCUT2D eigenvalue weighted by molar-refractivity contribution is 5.77. The Bertz CT molecular complexity index is 681. The van der Waals surface area contributed by atoms with Crippen LogP contribution in [0.4, 0.5) is 0 Å². The number of H-pyrrole nitrogens is 1. The van der Waals surface area contributed by atoms with Gasteiger partial charge in [0.25, 0.3) is 5.56 Å². The molecule has 0 aliphatic carbocycles. The molecule has 2 aromatic rings. The lowest BCUT2D eigenvalue weighted by atomic mass is 9.92. The van der Waals surface area contributed by atoms with Crippen LogP contribution in [-0.4, -0.2) is 34.0 Å². The first kappa shape index (κ1) is 14.2. The fourth-order valence-corrected chi connectivity index (χ4v) is 3.16. The van der Waals surface area contributed by atoms with Crippen molar-refractivity contribution in [2.24, 2.45) is 11.7 Å². The zero-order chi connectivity index (χ0) is 14.8. The number of nitrogens with two attached hydrogens (primary N) is 1. The van der Waals surface area contributed by atoms with Crippen molar-refractivity contribution in [2.45, 2.75) is 32.4 Å². The van der Waals surface area contributed by atoms with Gasteiger partial charge in [-0.05, 0) is 37.4 Å². The highest BCUT2D eigenvalue weighted by Crippen LogP contribution is 2.23. The second kappa shape index (κ2) is 5.95. The summed E-state index contributed by atoms with van der Waals surface area (Å²) < 4.78 is 0. The lowest BCUT2D eigenvalue weighted by Gasteiger charge is -2.37. The Kier molecular flexibility index (Phi) is 4.03. The van der Waals surface area contributed by atoms with E-state index in [1.165, 1.54) is 6.42 Å². The van der Waals surface area contributed by atoms with Crippen LogP contribution >= 0.6 is 0 Å². The minimum Gasteiger partial charge on any atom is -0.329 e. The molecule has 0 spiro atoms. The first-order valence-electron chi connectivity index (χ1n) is 7.59. The molecule has 2 unspecified atom stereocenters. The van der Waals surface area contributed by atoms with Crippen molar-refractivity contribution in [3.8, 4) is 0 Å². The van der Waals surface area contributed by atoms with E-state index in [0.29, 0.717) is 24.5 Å². The number of hydrogen-bond donors (Lipinski definition) is 2. The largest absolute Gasteiger partial charge is 0.329 e. The number of piperidine rings is 1. The fraction of sp³-hybridized carbons (Fsp3) is 0.500. The molecule has 1 aromatic heterocycles. The van der Waals surface area contributed by atoms with Gasteiger partial charge in [0.15, 0.2) is 0 Å². The summed E-state index contributed by atoms with van der Waals surface area (Å²) in [6, 6.07) is 7.83. The monoisotopic (exact) mass is 286 g/mol. The molecular weight excluding hydrogens is 264 g/mol. The van der Waals surface area contributed by atoms with Gasteiger partial charge in [0, 0.05) is 12.6 Å². The maximum Gasteiger partial charge on any atom is 0.258 e. The highest BCUT2D eigenvalue weighted by Gasteiger charge is 2.25. The predicted molar refractivity (Wildman–Crippen MR) is 84.0 cm³/mol. The Hall–Kier alpha value is -1.72. The standard InChI is InChI=1S/C16H22N4O/c1-11-6-7-20(12(8-11)9-17)10-15-18-14-5-3-2-4-13(14)16(21)19-15/h2-5,11-12H,6-10,17H2,1H3,(H,18,19,21). The molecule has 1 aliphatic rings. The number of hydrogen-bond acceptors (Lipinski definition) is 4. The van der Waals surface area contributed by atoms with E-state index in [4.69, 9.17) is 5.73 Å². The molecule has 5 heteroatoms. The topological polar surface area (TPSA) is 75.0 Å². The number of fused-ring (bicyclic) bond motifs is 1. The van der Waals surface area contributed by atoms with Crippen LogP contribution in [0.2, 0.25) is 0 Å². The molecule has 1 aliphatic heterocycles. The summed E-state index contributed by atoms with van der Waals surface area (Å²) in [6.07, 6.45) is 2.29. The molecule has 0 amide bonds. The van der Waals surface area contributed by atoms with Gasteiger partial charge in [0.05, 0.1) is 17.4 Å². The summed E-state index contributed by atoms with van der Waals surface area (Å²) in [5, 5.41) is 0.642. The Morgan fingerprint density at radius 1 is 1.43 bits per heavy atom. The zero-order valence-corrected chi connectivity index (χ0v) is 12.4. The van der Waals surface area contributed by atoms with E-state index in [-0.39, 0.29) is 5.56 Å². The van der Waals surface area contributed by atoms with Crippen molar-refractivity contribution in [1.82, 2.24) is 14.9 Å². The van der Waals surface area contributed by atoms with E-state index >= 15 is 0 Å². The van der Waals surface area contributed by atoms with Crippen molar-refractivity contribution < 1.29 is 0 Å². The van der Waals surface area contributed by atoms with E-state index in [9.17, 15) is 4.79 Å². The molecular formula is C16H22N4O. The fourth-order valence-electron chi connectivity index (χ4n) is 3.16. The second-order valence-electron chi connectivity index (χ2n) is 6.02. The van der Waals surface area contributed by atoms with Gasteiger partial charge in [0.1, 0.15) is 5.82 Å². The van der Waals surface area contributed by atoms with Crippen LogP contribution in [0.3, 0.4) is 0 Å². The molecule has 1 fully saturated rings. The molecule has 112 valence electrons. The molecule has 0 bridgehead atoms. The number of likely N-dealkylation sites (tertiary alicyclic amines) is 1. The summed E-state index contributed by atoms with van der Waals surface area (Å²) in [5.41, 5.74) is 6.59. The Morgan fingerprint density at radius 2 is 2.24 bits per heavy atom. The number of nitrogens with one attached hydrogen (secondary N) is 1. The predicted octanol–water partition coefficient (Wildman–Crippen LogP) is 1.48. The third-order valence-corrected chi connectivity index (χ3v) is 4.39. The van der Waals surface area contributed by atoms with Crippen LogP contribution in [0.1, 0.15) is 25.6 Å². The summed E-state index contributed by atoms with van der Waals surface area (Å²) in [7, 11) is 0. The zero-order valence-electron chi connectivity index (χ0n) is 12.4. The lowest BCUT2D eigenvalue weighted by molar-refractivity contribution is 0.112. The first-order chi connectivity index (χ1) is 10.2. The van der Waals surface area contributed by atoms with Gasteiger partial charge >= 0.3 is 0 Å². The van der Waals surface area contributed by atoms with Gasteiger partial charge in [-0.25, -0.2) is 4.98 Å². The summed E-state index contributed by atoms with van der Waals surface area (Å²) >= 11 is 0. The summed E-state index contributed by atoms with van der Waals surface area (Å²) in [6.45, 7) is 4.60. The van der Waals surface area contributed by atoms with Crippen LogP contribution in [0.15, 0.2) is 29.1 Å². The SMILES string of the molecule is CC1CCN(Cc2nc3ccccc3c(=O)[nH]2)C(CN)C1. The molecule has 21 heavy (non-hydrogen) atoms. The molecule has 0 radical (unpaired) electrons. The van der Waals surface area contributed by atoms with Gasteiger partial charge in [-0.1, -0.05) is 19.1 Å². The van der Waals surface area contributed by atoms with E-state index < -0.39 is 0 Å². The van der Waals surface area contributed by atoms with Crippen LogP contribution in [0.5, 0.6) is 0 Å². The number of rotatable bonds is 3. The molecule has 1 saturated heterocycles. The second-order valence-corrected chi connectivity index (χ2v) is 6.02. The van der Waals surface area contributed by atoms with Crippen LogP contribution in [0, 0.1) is 5.92 Å². The maximum absolute atomic E-state index is 12.1. The van der Waals surface area contributed by atoms with Gasteiger partial charge < -0.3 is 10.7 Å². The summed E-state index contributed by atoms with van der Waals surface area (Å²) in [4.78, 5) is 21.9. The number of aromatic nitrogens is 2. The first-order valence-corrected chi connectivity index (χ1v) is 7.59. The van der Waals surface area contributed by atoms with E-state index in [2.05, 4.69) is 21.8 Å². The third-order valence-electron chi connectivity index (χ3n) is 4.39. The van der Waals surface area contributed by atoms with Crippen molar-refractivity contribution in [2.75, 3.05) is 13.1 Å². The van der Waals surface area contributed by atoms with Crippen molar-refractivity contribution in [1.29, 1.82) is 0 Å². The number of benzene rings is 1. The summed E-state index contributed by atoms with van der Waals surface area (Å²) in [5.74, 6) is 1.45. The van der Waals surface area contributed by atoms with Crippen molar-refractivity contribution in [3.63, 3.8) is 0 Å². The number of para-hydroxylation sites is 1. The number of nitrogens with zero attached hydrogens (tertiary/aromatic N) is 2. The number of aromatic amines is 1. The smallest absolute Gasteiger partial charge is 0.258 e. The quantitative estimate of drug-likeness (QED) is 0.896. The van der Waals surface area contributed by atoms with Crippen LogP contribution < -0.4 is 11.3 Å². The van der Waals surface area contributed by atoms with Crippen molar-refractivity contribution >= 4 is 10.9 Å².